The molecule has 0 saturated carbocycles. The quantitative estimate of drug-likeness (QED) is 0.826. The van der Waals surface area contributed by atoms with Crippen molar-refractivity contribution in [3.05, 3.63) is 24.3 Å². The zero-order chi connectivity index (χ0) is 15.3. The molecule has 1 heterocycles. The molecule has 2 N–H and O–H groups in total. The van der Waals surface area contributed by atoms with Crippen molar-refractivity contribution in [1.82, 2.24) is 10.0 Å². The molecule has 0 radical (unpaired) electrons. The SMILES string of the molecule is CCOc1ccc(S(=O)(=O)NCC2(C)CCNCC2)cc1.Cl. The summed E-state index contributed by atoms with van der Waals surface area (Å²) in [6, 6.07) is 6.53. The molecule has 1 aromatic carbocycles. The van der Waals surface area contributed by atoms with E-state index in [0.29, 0.717) is 18.9 Å². The molecule has 1 aliphatic heterocycles. The van der Waals surface area contributed by atoms with Gasteiger partial charge < -0.3 is 10.1 Å². The number of halogens is 1. The minimum atomic E-state index is -3.46. The lowest BCUT2D eigenvalue weighted by Crippen LogP contribution is -2.42. The molecular weight excluding hydrogens is 324 g/mol. The molecule has 1 saturated heterocycles. The first-order chi connectivity index (χ1) is 9.95. The summed E-state index contributed by atoms with van der Waals surface area (Å²) in [5.41, 5.74) is 0.0313. The average Bonchev–Trinajstić information content (AvgIpc) is 2.47. The van der Waals surface area contributed by atoms with Gasteiger partial charge in [-0.3, -0.25) is 0 Å². The highest BCUT2D eigenvalue weighted by Crippen LogP contribution is 2.27. The Hall–Kier alpha value is -0.820. The molecule has 2 rings (SSSR count). The summed E-state index contributed by atoms with van der Waals surface area (Å²) < 4.78 is 32.7. The normalized spacial score (nSPS) is 17.5. The molecule has 0 bridgehead atoms. The van der Waals surface area contributed by atoms with Gasteiger partial charge in [0.25, 0.3) is 0 Å². The highest BCUT2D eigenvalue weighted by molar-refractivity contribution is 7.89. The summed E-state index contributed by atoms with van der Waals surface area (Å²) in [5.74, 6) is 0.682. The van der Waals surface area contributed by atoms with Gasteiger partial charge in [-0.05, 0) is 62.5 Å². The number of hydrogen-bond donors (Lipinski definition) is 2. The van der Waals surface area contributed by atoms with Crippen molar-refractivity contribution in [3.63, 3.8) is 0 Å². The van der Waals surface area contributed by atoms with Crippen molar-refractivity contribution in [2.75, 3.05) is 26.2 Å². The van der Waals surface area contributed by atoms with E-state index in [9.17, 15) is 8.42 Å². The van der Waals surface area contributed by atoms with Crippen LogP contribution in [0.5, 0.6) is 5.75 Å². The van der Waals surface area contributed by atoms with Crippen LogP contribution in [0, 0.1) is 5.41 Å². The highest BCUT2D eigenvalue weighted by Gasteiger charge is 2.28. The molecule has 0 spiro atoms. The fraction of sp³-hybridized carbons (Fsp3) is 0.600. The summed E-state index contributed by atoms with van der Waals surface area (Å²) in [5, 5.41) is 3.30. The Kier molecular flexibility index (Phi) is 7.12. The maximum absolute atomic E-state index is 12.3. The first-order valence-electron chi connectivity index (χ1n) is 7.38. The lowest BCUT2D eigenvalue weighted by atomic mass is 9.81. The summed E-state index contributed by atoms with van der Waals surface area (Å²) in [7, 11) is -3.46. The zero-order valence-corrected chi connectivity index (χ0v) is 14.7. The predicted molar refractivity (Wildman–Crippen MR) is 90.3 cm³/mol. The molecule has 0 unspecified atom stereocenters. The summed E-state index contributed by atoms with van der Waals surface area (Å²) >= 11 is 0. The van der Waals surface area contributed by atoms with Gasteiger partial charge in [0.05, 0.1) is 11.5 Å². The number of piperidine rings is 1. The number of sulfonamides is 1. The van der Waals surface area contributed by atoms with Gasteiger partial charge >= 0.3 is 0 Å². The van der Waals surface area contributed by atoms with Gasteiger partial charge in [0.1, 0.15) is 5.75 Å². The van der Waals surface area contributed by atoms with Crippen molar-refractivity contribution < 1.29 is 13.2 Å². The monoisotopic (exact) mass is 348 g/mol. The van der Waals surface area contributed by atoms with E-state index < -0.39 is 10.0 Å². The van der Waals surface area contributed by atoms with Crippen molar-refractivity contribution in [2.24, 2.45) is 5.41 Å². The third-order valence-electron chi connectivity index (χ3n) is 3.94. The summed E-state index contributed by atoms with van der Waals surface area (Å²) in [6.07, 6.45) is 1.97. The molecule has 1 aromatic rings. The predicted octanol–water partition coefficient (Wildman–Crippen LogP) is 2.18. The van der Waals surface area contributed by atoms with Crippen LogP contribution in [0.2, 0.25) is 0 Å². The minimum absolute atomic E-state index is 0. The van der Waals surface area contributed by atoms with Crippen LogP contribution in [0.15, 0.2) is 29.2 Å². The molecule has 0 aromatic heterocycles. The smallest absolute Gasteiger partial charge is 0.240 e. The maximum Gasteiger partial charge on any atom is 0.240 e. The van der Waals surface area contributed by atoms with Gasteiger partial charge in [0.15, 0.2) is 0 Å². The fourth-order valence-electron chi connectivity index (χ4n) is 2.44. The molecule has 7 heteroatoms. The van der Waals surface area contributed by atoms with E-state index in [4.69, 9.17) is 4.74 Å². The van der Waals surface area contributed by atoms with Crippen LogP contribution in [-0.4, -0.2) is 34.7 Å². The standard InChI is InChI=1S/C15H24N2O3S.ClH/c1-3-20-13-4-6-14(7-5-13)21(18,19)17-12-15(2)8-10-16-11-9-15;/h4-7,16-17H,3,8-12H2,1-2H3;1H. The van der Waals surface area contributed by atoms with E-state index in [1.807, 2.05) is 6.92 Å². The van der Waals surface area contributed by atoms with Crippen molar-refractivity contribution in [3.8, 4) is 5.75 Å². The van der Waals surface area contributed by atoms with Gasteiger partial charge in [-0.1, -0.05) is 6.92 Å². The van der Waals surface area contributed by atoms with Crippen molar-refractivity contribution in [2.45, 2.75) is 31.6 Å². The fourth-order valence-corrected chi connectivity index (χ4v) is 3.64. The Morgan fingerprint density at radius 3 is 2.36 bits per heavy atom. The second-order valence-corrected chi connectivity index (χ2v) is 7.56. The van der Waals surface area contributed by atoms with Crippen LogP contribution < -0.4 is 14.8 Å². The Morgan fingerprint density at radius 2 is 1.82 bits per heavy atom. The van der Waals surface area contributed by atoms with E-state index in [1.54, 1.807) is 24.3 Å². The van der Waals surface area contributed by atoms with E-state index in [2.05, 4.69) is 17.0 Å². The Labute approximate surface area is 139 Å². The van der Waals surface area contributed by atoms with Crippen LogP contribution in [0.3, 0.4) is 0 Å². The number of benzene rings is 1. The summed E-state index contributed by atoms with van der Waals surface area (Å²) in [4.78, 5) is 0.281. The Balaban J connectivity index is 0.00000242. The van der Waals surface area contributed by atoms with Crippen LogP contribution in [0.1, 0.15) is 26.7 Å². The maximum atomic E-state index is 12.3. The van der Waals surface area contributed by atoms with Gasteiger partial charge in [-0.15, -0.1) is 12.4 Å². The second-order valence-electron chi connectivity index (χ2n) is 5.79. The molecular formula is C15H25ClN2O3S. The first kappa shape index (κ1) is 19.2. The van der Waals surface area contributed by atoms with Crippen molar-refractivity contribution >= 4 is 22.4 Å². The third-order valence-corrected chi connectivity index (χ3v) is 5.36. The van der Waals surface area contributed by atoms with Crippen LogP contribution in [0.25, 0.3) is 0 Å². The molecule has 22 heavy (non-hydrogen) atoms. The van der Waals surface area contributed by atoms with E-state index >= 15 is 0 Å². The van der Waals surface area contributed by atoms with Gasteiger partial charge in [0.2, 0.25) is 10.0 Å². The topological polar surface area (TPSA) is 67.4 Å². The highest BCUT2D eigenvalue weighted by atomic mass is 35.5. The number of rotatable bonds is 6. The van der Waals surface area contributed by atoms with Crippen molar-refractivity contribution in [1.29, 1.82) is 0 Å². The molecule has 0 amide bonds. The van der Waals surface area contributed by atoms with Crippen LogP contribution in [0.4, 0.5) is 0 Å². The molecule has 0 aliphatic carbocycles. The van der Waals surface area contributed by atoms with E-state index in [0.717, 1.165) is 25.9 Å². The van der Waals surface area contributed by atoms with Gasteiger partial charge in [-0.25, -0.2) is 13.1 Å². The largest absolute Gasteiger partial charge is 0.494 e. The Bertz CT molecular complexity index is 555. The second kappa shape index (κ2) is 8.15. The third kappa shape index (κ3) is 5.12. The molecule has 0 atom stereocenters. The lowest BCUT2D eigenvalue weighted by Gasteiger charge is -2.34. The lowest BCUT2D eigenvalue weighted by molar-refractivity contribution is 0.232. The number of nitrogens with one attached hydrogen (secondary N) is 2. The van der Waals surface area contributed by atoms with Gasteiger partial charge in [0, 0.05) is 6.54 Å². The Morgan fingerprint density at radius 1 is 1.23 bits per heavy atom. The molecule has 5 nitrogen and oxygen atoms in total. The first-order valence-corrected chi connectivity index (χ1v) is 8.87. The zero-order valence-electron chi connectivity index (χ0n) is 13.1. The minimum Gasteiger partial charge on any atom is -0.494 e. The van der Waals surface area contributed by atoms with Crippen LogP contribution >= 0.6 is 12.4 Å². The van der Waals surface area contributed by atoms with E-state index in [1.165, 1.54) is 0 Å². The number of hydrogen-bond acceptors (Lipinski definition) is 4. The van der Waals surface area contributed by atoms with E-state index in [-0.39, 0.29) is 22.7 Å². The number of ether oxygens (including phenoxy) is 1. The molecule has 126 valence electrons. The molecule has 1 aliphatic rings. The average molecular weight is 349 g/mol. The molecule has 1 fully saturated rings. The van der Waals surface area contributed by atoms with Gasteiger partial charge in [-0.2, -0.15) is 0 Å². The van der Waals surface area contributed by atoms with Crippen LogP contribution in [-0.2, 0) is 10.0 Å². The summed E-state index contributed by atoms with van der Waals surface area (Å²) in [6.45, 7) is 6.96.